The number of nitrogens with one attached hydrogen (secondary N) is 1. The summed E-state index contributed by atoms with van der Waals surface area (Å²) in [6.45, 7) is 5.21. The van der Waals surface area contributed by atoms with E-state index >= 15 is 0 Å². The summed E-state index contributed by atoms with van der Waals surface area (Å²) in [7, 11) is 0. The first-order valence-electron chi connectivity index (χ1n) is 7.75. The number of carbonyl (C=O) groups is 1. The zero-order valence-corrected chi connectivity index (χ0v) is 14.9. The van der Waals surface area contributed by atoms with Gasteiger partial charge in [-0.1, -0.05) is 12.1 Å². The van der Waals surface area contributed by atoms with Gasteiger partial charge in [0.2, 0.25) is 5.91 Å². The van der Waals surface area contributed by atoms with E-state index in [1.165, 1.54) is 23.5 Å². The normalized spacial score (nSPS) is 12.3. The number of aryl methyl sites for hydroxylation is 2. The molecular formula is C17H17FN4O2S. The number of aromatic nitrogens is 3. The minimum Gasteiger partial charge on any atom is -0.348 e. The summed E-state index contributed by atoms with van der Waals surface area (Å²) in [5.41, 5.74) is 1.40. The summed E-state index contributed by atoms with van der Waals surface area (Å²) in [6, 6.07) is 5.59. The van der Waals surface area contributed by atoms with Gasteiger partial charge in [0.1, 0.15) is 12.4 Å². The van der Waals surface area contributed by atoms with Crippen LogP contribution in [0, 0.1) is 19.7 Å². The molecule has 1 unspecified atom stereocenters. The molecule has 0 spiro atoms. The van der Waals surface area contributed by atoms with Gasteiger partial charge in [-0.3, -0.25) is 9.59 Å². The molecular weight excluding hydrogens is 343 g/mol. The lowest BCUT2D eigenvalue weighted by molar-refractivity contribution is -0.122. The van der Waals surface area contributed by atoms with Crippen molar-refractivity contribution < 1.29 is 9.18 Å². The number of amides is 1. The molecule has 0 aliphatic rings. The Morgan fingerprint density at radius 1 is 1.32 bits per heavy atom. The predicted molar refractivity (Wildman–Crippen MR) is 94.1 cm³/mol. The lowest BCUT2D eigenvalue weighted by Crippen LogP contribution is -2.35. The van der Waals surface area contributed by atoms with Crippen LogP contribution < -0.4 is 10.9 Å². The minimum absolute atomic E-state index is 0.197. The van der Waals surface area contributed by atoms with Crippen LogP contribution in [0.4, 0.5) is 4.39 Å². The van der Waals surface area contributed by atoms with Crippen LogP contribution in [-0.2, 0) is 11.3 Å². The van der Waals surface area contributed by atoms with Crippen LogP contribution in [0.5, 0.6) is 0 Å². The molecule has 0 aliphatic heterocycles. The van der Waals surface area contributed by atoms with Gasteiger partial charge in [0.25, 0.3) is 5.56 Å². The number of fused-ring (bicyclic) bond motifs is 1. The Morgan fingerprint density at radius 2 is 2.00 bits per heavy atom. The van der Waals surface area contributed by atoms with Crippen LogP contribution in [0.1, 0.15) is 29.2 Å². The van der Waals surface area contributed by atoms with Gasteiger partial charge in [0.05, 0.1) is 21.4 Å². The number of hydrogen-bond donors (Lipinski definition) is 1. The van der Waals surface area contributed by atoms with E-state index in [1.54, 1.807) is 26.0 Å². The molecule has 8 heteroatoms. The second-order valence-electron chi connectivity index (χ2n) is 5.80. The molecule has 0 radical (unpaired) electrons. The Bertz CT molecular complexity index is 994. The first-order valence-corrected chi connectivity index (χ1v) is 8.56. The Balaban J connectivity index is 1.79. The van der Waals surface area contributed by atoms with Crippen LogP contribution in [0.15, 0.2) is 29.1 Å². The fraction of sp³-hybridized carbons (Fsp3) is 0.294. The fourth-order valence-corrected chi connectivity index (χ4v) is 3.43. The second-order valence-corrected chi connectivity index (χ2v) is 7.00. The Hall–Kier alpha value is -2.61. The van der Waals surface area contributed by atoms with Crippen LogP contribution in [0.3, 0.4) is 0 Å². The smallest absolute Gasteiger partial charge is 0.294 e. The molecule has 1 atom stereocenters. The molecule has 0 bridgehead atoms. The molecule has 0 aliphatic carbocycles. The number of thiazole rings is 1. The summed E-state index contributed by atoms with van der Waals surface area (Å²) in [5, 5.41) is 7.78. The molecule has 130 valence electrons. The molecule has 1 amide bonds. The largest absolute Gasteiger partial charge is 0.348 e. The zero-order chi connectivity index (χ0) is 18.1. The molecule has 6 nitrogen and oxygen atoms in total. The molecule has 1 N–H and O–H groups in total. The van der Waals surface area contributed by atoms with Crippen molar-refractivity contribution in [2.75, 3.05) is 0 Å². The number of rotatable bonds is 4. The van der Waals surface area contributed by atoms with Gasteiger partial charge in [-0.05, 0) is 38.5 Å². The van der Waals surface area contributed by atoms with E-state index in [0.717, 1.165) is 20.0 Å². The van der Waals surface area contributed by atoms with Gasteiger partial charge in [-0.2, -0.15) is 5.10 Å². The van der Waals surface area contributed by atoms with E-state index in [-0.39, 0.29) is 29.9 Å². The standard InChI is InChI=1S/C17H17FN4O2S/c1-9(12-4-6-13(18)7-5-12)19-14(23)8-22-17(24)15-16(10(2)21-22)25-11(3)20-15/h4-7,9H,8H2,1-3H3,(H,19,23). The lowest BCUT2D eigenvalue weighted by atomic mass is 10.1. The van der Waals surface area contributed by atoms with E-state index in [1.807, 2.05) is 6.92 Å². The van der Waals surface area contributed by atoms with Gasteiger partial charge < -0.3 is 5.32 Å². The quantitative estimate of drug-likeness (QED) is 0.775. The SMILES string of the molecule is Cc1nc2c(=O)n(CC(=O)NC(C)c3ccc(F)cc3)nc(C)c2s1. The van der Waals surface area contributed by atoms with Crippen molar-refractivity contribution >= 4 is 27.5 Å². The monoisotopic (exact) mass is 360 g/mol. The van der Waals surface area contributed by atoms with Crippen molar-refractivity contribution in [2.24, 2.45) is 0 Å². The Kier molecular flexibility index (Phi) is 4.63. The summed E-state index contributed by atoms with van der Waals surface area (Å²) in [5.74, 6) is -0.683. The molecule has 0 fully saturated rings. The number of hydrogen-bond acceptors (Lipinski definition) is 5. The molecule has 3 rings (SSSR count). The van der Waals surface area contributed by atoms with Crippen molar-refractivity contribution in [3.63, 3.8) is 0 Å². The van der Waals surface area contributed by atoms with E-state index in [0.29, 0.717) is 11.2 Å². The summed E-state index contributed by atoms with van der Waals surface area (Å²) in [6.07, 6.45) is 0. The average molecular weight is 360 g/mol. The van der Waals surface area contributed by atoms with Gasteiger partial charge in [0, 0.05) is 0 Å². The Labute approximate surface area is 147 Å². The van der Waals surface area contributed by atoms with Crippen LogP contribution >= 0.6 is 11.3 Å². The van der Waals surface area contributed by atoms with Crippen molar-refractivity contribution in [3.05, 3.63) is 56.7 Å². The highest BCUT2D eigenvalue weighted by Crippen LogP contribution is 2.20. The number of benzene rings is 1. The number of nitrogens with zero attached hydrogens (tertiary/aromatic N) is 3. The van der Waals surface area contributed by atoms with Crippen molar-refractivity contribution in [1.29, 1.82) is 0 Å². The molecule has 2 heterocycles. The van der Waals surface area contributed by atoms with Gasteiger partial charge in [-0.25, -0.2) is 14.1 Å². The molecule has 2 aromatic heterocycles. The van der Waals surface area contributed by atoms with Crippen molar-refractivity contribution in [3.8, 4) is 0 Å². The number of halogens is 1. The van der Waals surface area contributed by atoms with E-state index < -0.39 is 0 Å². The second kappa shape index (κ2) is 6.72. The molecule has 1 aromatic carbocycles. The maximum absolute atomic E-state index is 13.0. The van der Waals surface area contributed by atoms with Crippen molar-refractivity contribution in [2.45, 2.75) is 33.4 Å². The highest BCUT2D eigenvalue weighted by molar-refractivity contribution is 7.18. The maximum atomic E-state index is 13.0. The lowest BCUT2D eigenvalue weighted by Gasteiger charge is -2.14. The first-order chi connectivity index (χ1) is 11.8. The predicted octanol–water partition coefficient (Wildman–Crippen LogP) is 2.49. The minimum atomic E-state index is -0.380. The third-order valence-electron chi connectivity index (χ3n) is 3.81. The van der Waals surface area contributed by atoms with Crippen LogP contribution in [0.2, 0.25) is 0 Å². The average Bonchev–Trinajstić information content (AvgIpc) is 2.95. The highest BCUT2D eigenvalue weighted by atomic mass is 32.1. The van der Waals surface area contributed by atoms with Gasteiger partial charge in [-0.15, -0.1) is 11.3 Å². The molecule has 0 saturated heterocycles. The summed E-state index contributed by atoms with van der Waals surface area (Å²) >= 11 is 1.41. The van der Waals surface area contributed by atoms with Crippen LogP contribution in [-0.4, -0.2) is 20.7 Å². The fourth-order valence-electron chi connectivity index (χ4n) is 2.58. The third kappa shape index (κ3) is 3.58. The summed E-state index contributed by atoms with van der Waals surface area (Å²) in [4.78, 5) is 28.9. The number of carbonyl (C=O) groups excluding carboxylic acids is 1. The van der Waals surface area contributed by atoms with Gasteiger partial charge in [0.15, 0.2) is 5.52 Å². The Morgan fingerprint density at radius 3 is 2.68 bits per heavy atom. The highest BCUT2D eigenvalue weighted by Gasteiger charge is 2.16. The van der Waals surface area contributed by atoms with Crippen molar-refractivity contribution in [1.82, 2.24) is 20.1 Å². The van der Waals surface area contributed by atoms with Crippen LogP contribution in [0.25, 0.3) is 10.2 Å². The molecule has 25 heavy (non-hydrogen) atoms. The summed E-state index contributed by atoms with van der Waals surface area (Å²) < 4.78 is 14.9. The first kappa shape index (κ1) is 17.2. The van der Waals surface area contributed by atoms with E-state index in [9.17, 15) is 14.0 Å². The van der Waals surface area contributed by atoms with Gasteiger partial charge >= 0.3 is 0 Å². The van der Waals surface area contributed by atoms with E-state index in [2.05, 4.69) is 15.4 Å². The zero-order valence-electron chi connectivity index (χ0n) is 14.0. The van der Waals surface area contributed by atoms with E-state index in [4.69, 9.17) is 0 Å². The molecule has 0 saturated carbocycles. The topological polar surface area (TPSA) is 76.9 Å². The third-order valence-corrected chi connectivity index (χ3v) is 4.89. The maximum Gasteiger partial charge on any atom is 0.294 e. The molecule has 3 aromatic rings.